The summed E-state index contributed by atoms with van der Waals surface area (Å²) in [5.74, 6) is 0.0368. The highest BCUT2D eigenvalue weighted by Crippen LogP contribution is 2.22. The minimum atomic E-state index is -0.271. The fourth-order valence-electron chi connectivity index (χ4n) is 2.76. The minimum Gasteiger partial charge on any atom is -0.392 e. The first-order valence-electron chi connectivity index (χ1n) is 7.26. The molecule has 1 saturated carbocycles. The number of nitrogens with one attached hydrogen (secondary N) is 1. The highest BCUT2D eigenvalue weighted by atomic mass is 16.3. The fourth-order valence-corrected chi connectivity index (χ4v) is 2.76. The monoisotopic (exact) mass is 256 g/mol. The first kappa shape index (κ1) is 15.4. The van der Waals surface area contributed by atoms with Crippen LogP contribution < -0.4 is 5.32 Å². The van der Waals surface area contributed by atoms with Gasteiger partial charge in [0, 0.05) is 32.6 Å². The Labute approximate surface area is 111 Å². The molecule has 1 aliphatic carbocycles. The van der Waals surface area contributed by atoms with E-state index in [0.29, 0.717) is 6.04 Å². The first-order valence-corrected chi connectivity index (χ1v) is 7.26. The van der Waals surface area contributed by atoms with E-state index in [0.717, 1.165) is 26.1 Å². The second-order valence-electron chi connectivity index (χ2n) is 5.47. The van der Waals surface area contributed by atoms with Crippen LogP contribution in [0.15, 0.2) is 0 Å². The maximum atomic E-state index is 10.8. The topological polar surface area (TPSA) is 52.6 Å². The van der Waals surface area contributed by atoms with Crippen molar-refractivity contribution in [3.63, 3.8) is 0 Å². The van der Waals surface area contributed by atoms with Gasteiger partial charge in [-0.3, -0.25) is 9.69 Å². The standard InChI is InChI=1S/C14H28N2O2/c1-12(17)11-16(10-6-9-15-13(2)18)14-7-4-3-5-8-14/h12,14,17H,3-11H2,1-2H3,(H,15,18). The number of aliphatic hydroxyl groups is 1. The lowest BCUT2D eigenvalue weighted by Gasteiger charge is -2.35. The van der Waals surface area contributed by atoms with E-state index in [9.17, 15) is 9.90 Å². The molecule has 1 fully saturated rings. The summed E-state index contributed by atoms with van der Waals surface area (Å²) in [5.41, 5.74) is 0. The molecule has 0 aromatic carbocycles. The van der Waals surface area contributed by atoms with Gasteiger partial charge in [0.05, 0.1) is 6.10 Å². The Morgan fingerprint density at radius 3 is 2.61 bits per heavy atom. The van der Waals surface area contributed by atoms with Crippen molar-refractivity contribution < 1.29 is 9.90 Å². The second-order valence-corrected chi connectivity index (χ2v) is 5.47. The van der Waals surface area contributed by atoms with Crippen LogP contribution in [0.25, 0.3) is 0 Å². The molecule has 2 N–H and O–H groups in total. The molecule has 0 saturated heterocycles. The molecule has 0 radical (unpaired) electrons. The van der Waals surface area contributed by atoms with E-state index in [1.54, 1.807) is 6.92 Å². The predicted octanol–water partition coefficient (Wildman–Crippen LogP) is 1.53. The third kappa shape index (κ3) is 6.36. The van der Waals surface area contributed by atoms with Crippen LogP contribution in [0.5, 0.6) is 0 Å². The molecule has 0 heterocycles. The van der Waals surface area contributed by atoms with Crippen molar-refractivity contribution in [1.82, 2.24) is 10.2 Å². The summed E-state index contributed by atoms with van der Waals surface area (Å²) < 4.78 is 0. The molecule has 18 heavy (non-hydrogen) atoms. The highest BCUT2D eigenvalue weighted by molar-refractivity contribution is 5.72. The maximum Gasteiger partial charge on any atom is 0.216 e. The van der Waals surface area contributed by atoms with Gasteiger partial charge in [-0.05, 0) is 26.2 Å². The van der Waals surface area contributed by atoms with E-state index < -0.39 is 0 Å². The molecular formula is C14H28N2O2. The predicted molar refractivity (Wildman–Crippen MR) is 73.4 cm³/mol. The zero-order valence-corrected chi connectivity index (χ0v) is 11.8. The summed E-state index contributed by atoms with van der Waals surface area (Å²) >= 11 is 0. The van der Waals surface area contributed by atoms with Gasteiger partial charge < -0.3 is 10.4 Å². The molecule has 106 valence electrons. The van der Waals surface area contributed by atoms with Crippen LogP contribution >= 0.6 is 0 Å². The molecule has 1 rings (SSSR count). The van der Waals surface area contributed by atoms with Gasteiger partial charge in [0.15, 0.2) is 0 Å². The normalized spacial score (nSPS) is 18.9. The number of rotatable bonds is 7. The second kappa shape index (κ2) is 8.48. The summed E-state index contributed by atoms with van der Waals surface area (Å²) in [6.07, 6.45) is 7.18. The van der Waals surface area contributed by atoms with Crippen LogP contribution in [0.1, 0.15) is 52.4 Å². The fraction of sp³-hybridized carbons (Fsp3) is 0.929. The minimum absolute atomic E-state index is 0.0368. The number of hydrogen-bond donors (Lipinski definition) is 2. The largest absolute Gasteiger partial charge is 0.392 e. The number of carbonyl (C=O) groups excluding carboxylic acids is 1. The smallest absolute Gasteiger partial charge is 0.216 e. The molecule has 4 heteroatoms. The van der Waals surface area contributed by atoms with Gasteiger partial charge in [0.2, 0.25) is 5.91 Å². The average molecular weight is 256 g/mol. The molecule has 0 spiro atoms. The zero-order chi connectivity index (χ0) is 13.4. The number of carbonyl (C=O) groups is 1. The third-order valence-electron chi connectivity index (χ3n) is 3.59. The van der Waals surface area contributed by atoms with Gasteiger partial charge in [0.1, 0.15) is 0 Å². The van der Waals surface area contributed by atoms with Gasteiger partial charge in [-0.15, -0.1) is 0 Å². The van der Waals surface area contributed by atoms with Crippen LogP contribution in [-0.4, -0.2) is 47.7 Å². The van der Waals surface area contributed by atoms with Crippen molar-refractivity contribution in [1.29, 1.82) is 0 Å². The van der Waals surface area contributed by atoms with Crippen LogP contribution in [0.3, 0.4) is 0 Å². The van der Waals surface area contributed by atoms with Gasteiger partial charge in [0.25, 0.3) is 0 Å². The van der Waals surface area contributed by atoms with Crippen LogP contribution in [-0.2, 0) is 4.79 Å². The Kier molecular flexibility index (Phi) is 7.28. The average Bonchev–Trinajstić information content (AvgIpc) is 2.33. The van der Waals surface area contributed by atoms with Gasteiger partial charge >= 0.3 is 0 Å². The SMILES string of the molecule is CC(=O)NCCCN(CC(C)O)C1CCCCC1. The number of aliphatic hydroxyl groups excluding tert-OH is 1. The summed E-state index contributed by atoms with van der Waals surface area (Å²) in [7, 11) is 0. The van der Waals surface area contributed by atoms with Crippen molar-refractivity contribution in [3.05, 3.63) is 0 Å². The van der Waals surface area contributed by atoms with Gasteiger partial charge in [-0.1, -0.05) is 19.3 Å². The molecule has 1 aliphatic rings. The third-order valence-corrected chi connectivity index (χ3v) is 3.59. The van der Waals surface area contributed by atoms with Gasteiger partial charge in [-0.25, -0.2) is 0 Å². The lowest BCUT2D eigenvalue weighted by atomic mass is 9.94. The summed E-state index contributed by atoms with van der Waals surface area (Å²) in [5, 5.41) is 12.4. The summed E-state index contributed by atoms with van der Waals surface area (Å²) in [6.45, 7) is 5.86. The van der Waals surface area contributed by atoms with E-state index >= 15 is 0 Å². The van der Waals surface area contributed by atoms with Crippen molar-refractivity contribution in [3.8, 4) is 0 Å². The Bertz CT molecular complexity index is 238. The Hall–Kier alpha value is -0.610. The van der Waals surface area contributed by atoms with Crippen molar-refractivity contribution in [2.45, 2.75) is 64.5 Å². The Morgan fingerprint density at radius 2 is 2.06 bits per heavy atom. The molecule has 1 unspecified atom stereocenters. The number of amides is 1. The summed E-state index contributed by atoms with van der Waals surface area (Å²) in [6, 6.07) is 0.630. The van der Waals surface area contributed by atoms with Crippen LogP contribution in [0.4, 0.5) is 0 Å². The molecular weight excluding hydrogens is 228 g/mol. The lowest BCUT2D eigenvalue weighted by Crippen LogP contribution is -2.42. The molecule has 0 aliphatic heterocycles. The van der Waals surface area contributed by atoms with Gasteiger partial charge in [-0.2, -0.15) is 0 Å². The molecule has 4 nitrogen and oxygen atoms in total. The maximum absolute atomic E-state index is 10.8. The summed E-state index contributed by atoms with van der Waals surface area (Å²) in [4.78, 5) is 13.2. The van der Waals surface area contributed by atoms with E-state index in [1.165, 1.54) is 32.1 Å². The molecule has 0 aromatic heterocycles. The van der Waals surface area contributed by atoms with E-state index in [4.69, 9.17) is 0 Å². The number of nitrogens with zero attached hydrogens (tertiary/aromatic N) is 1. The van der Waals surface area contributed by atoms with E-state index in [2.05, 4.69) is 10.2 Å². The Morgan fingerprint density at radius 1 is 1.39 bits per heavy atom. The van der Waals surface area contributed by atoms with E-state index in [-0.39, 0.29) is 12.0 Å². The molecule has 0 bridgehead atoms. The Balaban J connectivity index is 2.32. The number of hydrogen-bond acceptors (Lipinski definition) is 3. The highest BCUT2D eigenvalue weighted by Gasteiger charge is 2.21. The zero-order valence-electron chi connectivity index (χ0n) is 11.8. The van der Waals surface area contributed by atoms with Crippen molar-refractivity contribution >= 4 is 5.91 Å². The van der Waals surface area contributed by atoms with Crippen molar-refractivity contribution in [2.75, 3.05) is 19.6 Å². The molecule has 1 amide bonds. The molecule has 1 atom stereocenters. The molecule has 0 aromatic rings. The first-order chi connectivity index (χ1) is 8.59. The van der Waals surface area contributed by atoms with Crippen LogP contribution in [0.2, 0.25) is 0 Å². The van der Waals surface area contributed by atoms with Crippen molar-refractivity contribution in [2.24, 2.45) is 0 Å². The quantitative estimate of drug-likeness (QED) is 0.679. The van der Waals surface area contributed by atoms with Crippen LogP contribution in [0, 0.1) is 0 Å². The lowest BCUT2D eigenvalue weighted by molar-refractivity contribution is -0.118. The van der Waals surface area contributed by atoms with E-state index in [1.807, 2.05) is 6.92 Å².